The van der Waals surface area contributed by atoms with E-state index in [0.717, 1.165) is 12.8 Å². The summed E-state index contributed by atoms with van der Waals surface area (Å²) in [6.45, 7) is 1.24. The molecular weight excluding hydrogens is 294 g/mol. The highest BCUT2D eigenvalue weighted by atomic mass is 35.5. The lowest BCUT2D eigenvalue weighted by Gasteiger charge is -2.12. The molecule has 0 saturated heterocycles. The van der Waals surface area contributed by atoms with E-state index < -0.39 is 11.4 Å². The molecule has 0 saturated carbocycles. The first kappa shape index (κ1) is 15.5. The largest absolute Gasteiger partial charge is 0.477 e. The number of carbonyl (C=O) groups is 1. The number of hydrogen-bond donors (Lipinski definition) is 1. The van der Waals surface area contributed by atoms with Gasteiger partial charge in [-0.2, -0.15) is 0 Å². The molecule has 0 amide bonds. The van der Waals surface area contributed by atoms with Crippen LogP contribution in [-0.2, 0) is 11.3 Å². The topological polar surface area (TPSA) is 68.5 Å². The van der Waals surface area contributed by atoms with Crippen LogP contribution >= 0.6 is 11.6 Å². The van der Waals surface area contributed by atoms with Crippen LogP contribution in [0.4, 0.5) is 0 Å². The summed E-state index contributed by atoms with van der Waals surface area (Å²) in [5.74, 6) is -1.22. The average Bonchev–Trinajstić information content (AvgIpc) is 2.45. The number of aryl methyl sites for hydroxylation is 1. The smallest absolute Gasteiger partial charge is 0.341 e. The molecule has 0 bridgehead atoms. The Hall–Kier alpha value is -1.85. The number of aromatic nitrogens is 1. The number of halogens is 1. The highest BCUT2D eigenvalue weighted by Crippen LogP contribution is 2.18. The molecule has 0 radical (unpaired) electrons. The third-order valence-electron chi connectivity index (χ3n) is 3.27. The Morgan fingerprint density at radius 1 is 1.38 bits per heavy atom. The van der Waals surface area contributed by atoms with E-state index in [4.69, 9.17) is 21.4 Å². The number of carboxylic acid groups (broad SMARTS) is 1. The maximum absolute atomic E-state index is 12.2. The van der Waals surface area contributed by atoms with Crippen LogP contribution in [0.5, 0.6) is 0 Å². The zero-order chi connectivity index (χ0) is 15.4. The van der Waals surface area contributed by atoms with Gasteiger partial charge in [-0.15, -0.1) is 0 Å². The Balaban J connectivity index is 2.50. The lowest BCUT2D eigenvalue weighted by Crippen LogP contribution is -2.19. The molecule has 1 aromatic heterocycles. The number of benzene rings is 1. The van der Waals surface area contributed by atoms with Crippen molar-refractivity contribution in [2.24, 2.45) is 0 Å². The highest BCUT2D eigenvalue weighted by molar-refractivity contribution is 6.31. The van der Waals surface area contributed by atoms with Crippen molar-refractivity contribution in [1.82, 2.24) is 4.57 Å². The van der Waals surface area contributed by atoms with Crippen LogP contribution in [0, 0.1) is 0 Å². The van der Waals surface area contributed by atoms with E-state index in [-0.39, 0.29) is 5.56 Å². The number of aromatic carboxylic acids is 1. The number of carboxylic acids is 1. The van der Waals surface area contributed by atoms with Crippen molar-refractivity contribution in [3.05, 3.63) is 45.2 Å². The Labute approximate surface area is 126 Å². The molecule has 5 nitrogen and oxygen atoms in total. The number of nitrogens with zero attached hydrogens (tertiary/aromatic N) is 1. The van der Waals surface area contributed by atoms with Gasteiger partial charge in [-0.1, -0.05) is 11.6 Å². The van der Waals surface area contributed by atoms with Gasteiger partial charge in [0.05, 0.1) is 5.52 Å². The summed E-state index contributed by atoms with van der Waals surface area (Å²) >= 11 is 5.98. The second kappa shape index (κ2) is 6.74. The van der Waals surface area contributed by atoms with Crippen LogP contribution in [0.1, 0.15) is 23.2 Å². The van der Waals surface area contributed by atoms with Crippen LogP contribution in [0.2, 0.25) is 5.02 Å². The van der Waals surface area contributed by atoms with Crippen molar-refractivity contribution in [1.29, 1.82) is 0 Å². The lowest BCUT2D eigenvalue weighted by atomic mass is 10.1. The van der Waals surface area contributed by atoms with E-state index in [9.17, 15) is 9.59 Å². The molecule has 1 heterocycles. The Morgan fingerprint density at radius 3 is 2.81 bits per heavy atom. The number of pyridine rings is 1. The fourth-order valence-corrected chi connectivity index (χ4v) is 2.40. The Kier molecular flexibility index (Phi) is 4.98. The third kappa shape index (κ3) is 3.43. The zero-order valence-corrected chi connectivity index (χ0v) is 12.4. The normalized spacial score (nSPS) is 11.0. The predicted molar refractivity (Wildman–Crippen MR) is 81.3 cm³/mol. The van der Waals surface area contributed by atoms with Gasteiger partial charge in [0.1, 0.15) is 5.56 Å². The maximum atomic E-state index is 12.2. The van der Waals surface area contributed by atoms with Gasteiger partial charge in [-0.3, -0.25) is 4.79 Å². The molecule has 0 aliphatic carbocycles. The fourth-order valence-electron chi connectivity index (χ4n) is 2.23. The van der Waals surface area contributed by atoms with E-state index in [1.807, 2.05) is 0 Å². The molecule has 6 heteroatoms. The summed E-state index contributed by atoms with van der Waals surface area (Å²) in [6.07, 6.45) is 3.06. The van der Waals surface area contributed by atoms with Crippen molar-refractivity contribution >= 4 is 28.5 Å². The molecule has 2 rings (SSSR count). The van der Waals surface area contributed by atoms with E-state index >= 15 is 0 Å². The summed E-state index contributed by atoms with van der Waals surface area (Å²) < 4.78 is 6.76. The standard InChI is InChI=1S/C15H16ClNO4/c1-21-7-3-2-6-17-9-12(15(19)20)14(18)11-5-4-10(16)8-13(11)17/h4-5,8-9H,2-3,6-7H2,1H3,(H,19,20). The monoisotopic (exact) mass is 309 g/mol. The van der Waals surface area contributed by atoms with Gasteiger partial charge in [0.15, 0.2) is 0 Å². The molecule has 2 aromatic rings. The highest BCUT2D eigenvalue weighted by Gasteiger charge is 2.14. The third-order valence-corrected chi connectivity index (χ3v) is 3.51. The molecule has 21 heavy (non-hydrogen) atoms. The average molecular weight is 310 g/mol. The maximum Gasteiger partial charge on any atom is 0.341 e. The molecule has 0 fully saturated rings. The number of rotatable bonds is 6. The van der Waals surface area contributed by atoms with Crippen LogP contribution in [-0.4, -0.2) is 29.4 Å². The molecule has 0 spiro atoms. The van der Waals surface area contributed by atoms with Crippen LogP contribution < -0.4 is 5.43 Å². The number of hydrogen-bond acceptors (Lipinski definition) is 3. The molecular formula is C15H16ClNO4. The quantitative estimate of drug-likeness (QED) is 0.833. The molecule has 112 valence electrons. The van der Waals surface area contributed by atoms with E-state index in [2.05, 4.69) is 0 Å². The zero-order valence-electron chi connectivity index (χ0n) is 11.6. The number of ether oxygens (including phenoxy) is 1. The molecule has 0 aliphatic rings. The summed E-state index contributed by atoms with van der Waals surface area (Å²) in [5, 5.41) is 10.0. The fraction of sp³-hybridized carbons (Fsp3) is 0.333. The summed E-state index contributed by atoms with van der Waals surface area (Å²) in [4.78, 5) is 23.4. The SMILES string of the molecule is COCCCCn1cc(C(=O)O)c(=O)c2ccc(Cl)cc21. The summed E-state index contributed by atoms with van der Waals surface area (Å²) in [6, 6.07) is 4.84. The van der Waals surface area contributed by atoms with E-state index in [1.54, 1.807) is 29.9 Å². The van der Waals surface area contributed by atoms with Crippen molar-refractivity contribution in [2.45, 2.75) is 19.4 Å². The minimum Gasteiger partial charge on any atom is -0.477 e. The Bertz CT molecular complexity index is 723. The molecule has 0 unspecified atom stereocenters. The first-order valence-corrected chi connectivity index (χ1v) is 6.97. The second-order valence-electron chi connectivity index (χ2n) is 4.73. The number of unbranched alkanes of at least 4 members (excludes halogenated alkanes) is 1. The van der Waals surface area contributed by atoms with Gasteiger partial charge < -0.3 is 14.4 Å². The van der Waals surface area contributed by atoms with E-state index in [0.29, 0.717) is 29.1 Å². The van der Waals surface area contributed by atoms with Crippen LogP contribution in [0.15, 0.2) is 29.2 Å². The molecule has 1 aromatic carbocycles. The predicted octanol–water partition coefficient (Wildman–Crippen LogP) is 2.78. The van der Waals surface area contributed by atoms with Crippen LogP contribution in [0.25, 0.3) is 10.9 Å². The van der Waals surface area contributed by atoms with Crippen LogP contribution in [0.3, 0.4) is 0 Å². The van der Waals surface area contributed by atoms with Crippen molar-refractivity contribution in [3.8, 4) is 0 Å². The summed E-state index contributed by atoms with van der Waals surface area (Å²) in [7, 11) is 1.64. The van der Waals surface area contributed by atoms with Gasteiger partial charge in [-0.05, 0) is 31.0 Å². The van der Waals surface area contributed by atoms with Gasteiger partial charge in [0.25, 0.3) is 0 Å². The molecule has 1 N–H and O–H groups in total. The number of methoxy groups -OCH3 is 1. The first-order valence-electron chi connectivity index (χ1n) is 6.59. The number of fused-ring (bicyclic) bond motifs is 1. The van der Waals surface area contributed by atoms with Gasteiger partial charge >= 0.3 is 5.97 Å². The molecule has 0 atom stereocenters. The van der Waals surface area contributed by atoms with Gasteiger partial charge in [-0.25, -0.2) is 4.79 Å². The Morgan fingerprint density at radius 2 is 2.14 bits per heavy atom. The molecule has 0 aliphatic heterocycles. The van der Waals surface area contributed by atoms with Crippen molar-refractivity contribution in [3.63, 3.8) is 0 Å². The van der Waals surface area contributed by atoms with E-state index in [1.165, 1.54) is 6.20 Å². The summed E-state index contributed by atoms with van der Waals surface area (Å²) in [5.41, 5.74) is -0.0613. The van der Waals surface area contributed by atoms with Crippen molar-refractivity contribution < 1.29 is 14.6 Å². The first-order chi connectivity index (χ1) is 10.0. The van der Waals surface area contributed by atoms with Gasteiger partial charge in [0, 0.05) is 36.9 Å². The van der Waals surface area contributed by atoms with Crippen molar-refractivity contribution in [2.75, 3.05) is 13.7 Å². The lowest BCUT2D eigenvalue weighted by molar-refractivity contribution is 0.0694. The minimum atomic E-state index is -1.22. The minimum absolute atomic E-state index is 0.225. The second-order valence-corrected chi connectivity index (χ2v) is 5.17. The van der Waals surface area contributed by atoms with Gasteiger partial charge in [0.2, 0.25) is 5.43 Å².